The molecule has 1 fully saturated rings. The molecule has 0 aromatic carbocycles. The third-order valence-corrected chi connectivity index (χ3v) is 6.09. The maximum atomic E-state index is 11.4. The van der Waals surface area contributed by atoms with Crippen LogP contribution in [0.3, 0.4) is 0 Å². The zero-order valence-electron chi connectivity index (χ0n) is 16.7. The average Bonchev–Trinajstić information content (AvgIpc) is 3.14. The van der Waals surface area contributed by atoms with Crippen molar-refractivity contribution in [3.63, 3.8) is 0 Å². The van der Waals surface area contributed by atoms with Gasteiger partial charge in [-0.2, -0.15) is 0 Å². The summed E-state index contributed by atoms with van der Waals surface area (Å²) >= 11 is 0. The van der Waals surface area contributed by atoms with E-state index in [1.54, 1.807) is 24.8 Å². The predicted molar refractivity (Wildman–Crippen MR) is 114 cm³/mol. The van der Waals surface area contributed by atoms with Gasteiger partial charge in [0.2, 0.25) is 5.95 Å². The van der Waals surface area contributed by atoms with Crippen molar-refractivity contribution in [3.8, 4) is 11.4 Å². The Morgan fingerprint density at radius 3 is 2.73 bits per heavy atom. The molecule has 30 heavy (non-hydrogen) atoms. The van der Waals surface area contributed by atoms with Gasteiger partial charge in [0.1, 0.15) is 9.84 Å². The van der Waals surface area contributed by atoms with Gasteiger partial charge in [-0.3, -0.25) is 4.40 Å². The van der Waals surface area contributed by atoms with Crippen LogP contribution in [-0.2, 0) is 9.84 Å². The zero-order chi connectivity index (χ0) is 21.1. The summed E-state index contributed by atoms with van der Waals surface area (Å²) in [5, 5.41) is 16.1. The Morgan fingerprint density at radius 2 is 1.97 bits per heavy atom. The Morgan fingerprint density at radius 1 is 1.17 bits per heavy atom. The van der Waals surface area contributed by atoms with Gasteiger partial charge >= 0.3 is 0 Å². The molecule has 0 aliphatic heterocycles. The zero-order valence-corrected chi connectivity index (χ0v) is 17.5. The summed E-state index contributed by atoms with van der Waals surface area (Å²) in [7, 11) is -3.06. The molecule has 0 bridgehead atoms. The Kier molecular flexibility index (Phi) is 5.82. The summed E-state index contributed by atoms with van der Waals surface area (Å²) in [6, 6.07) is 2.07. The fraction of sp³-hybridized carbons (Fsp3) is 0.474. The maximum Gasteiger partial charge on any atom is 0.223 e. The third-order valence-electron chi connectivity index (χ3n) is 5.14. The van der Waals surface area contributed by atoms with Crippen LogP contribution in [0.4, 0.5) is 11.8 Å². The molecule has 0 atom stereocenters. The first-order chi connectivity index (χ1) is 14.4. The number of anilines is 2. The van der Waals surface area contributed by atoms with Gasteiger partial charge in [0.15, 0.2) is 11.5 Å². The van der Waals surface area contributed by atoms with Crippen molar-refractivity contribution in [1.29, 1.82) is 0 Å². The molecule has 3 aromatic heterocycles. The van der Waals surface area contributed by atoms with E-state index in [0.717, 1.165) is 31.4 Å². The molecule has 3 N–H and O–H groups in total. The van der Waals surface area contributed by atoms with E-state index in [-0.39, 0.29) is 24.4 Å². The number of imidazole rings is 1. The lowest BCUT2D eigenvalue weighted by molar-refractivity contribution is 0.126. The molecule has 1 aliphatic carbocycles. The molecule has 0 radical (unpaired) electrons. The lowest BCUT2D eigenvalue weighted by atomic mass is 9.93. The van der Waals surface area contributed by atoms with E-state index in [0.29, 0.717) is 23.1 Å². The largest absolute Gasteiger partial charge is 0.393 e. The van der Waals surface area contributed by atoms with Gasteiger partial charge in [-0.05, 0) is 31.7 Å². The number of rotatable bonds is 7. The molecule has 4 rings (SSSR count). The van der Waals surface area contributed by atoms with Crippen molar-refractivity contribution in [2.45, 2.75) is 37.8 Å². The van der Waals surface area contributed by atoms with Gasteiger partial charge in [-0.25, -0.2) is 28.4 Å². The summed E-state index contributed by atoms with van der Waals surface area (Å²) in [5.74, 6) is 1.08. The van der Waals surface area contributed by atoms with Crippen LogP contribution in [0.15, 0.2) is 30.9 Å². The third kappa shape index (κ3) is 4.85. The maximum absolute atomic E-state index is 11.4. The van der Waals surface area contributed by atoms with Crippen LogP contribution in [0.5, 0.6) is 0 Å². The molecule has 0 unspecified atom stereocenters. The number of hydrogen-bond donors (Lipinski definition) is 3. The van der Waals surface area contributed by atoms with Crippen molar-refractivity contribution in [3.05, 3.63) is 30.9 Å². The first-order valence-electron chi connectivity index (χ1n) is 9.91. The molecule has 0 amide bonds. The van der Waals surface area contributed by atoms with E-state index in [1.165, 1.54) is 6.26 Å². The minimum absolute atomic E-state index is 0.0163. The summed E-state index contributed by atoms with van der Waals surface area (Å²) in [6.45, 7) is 0.255. The molecule has 11 heteroatoms. The standard InChI is InChI=1S/C19H25N7O3S/c1-30(28,29)11-9-21-17-18-23-12-16(26(18)10-8-20-17)15-6-7-22-19(25-15)24-13-2-4-14(27)5-3-13/h6-8,10,12-14,27H,2-5,9,11H2,1H3,(H,20,21)(H,22,24,25). The minimum atomic E-state index is -3.06. The number of hydrogen-bond acceptors (Lipinski definition) is 9. The highest BCUT2D eigenvalue weighted by atomic mass is 32.2. The monoisotopic (exact) mass is 431 g/mol. The quantitative estimate of drug-likeness (QED) is 0.507. The highest BCUT2D eigenvalue weighted by molar-refractivity contribution is 7.90. The molecule has 160 valence electrons. The number of aliphatic hydroxyl groups is 1. The number of aromatic nitrogens is 5. The number of fused-ring (bicyclic) bond motifs is 1. The van der Waals surface area contributed by atoms with E-state index < -0.39 is 9.84 Å². The van der Waals surface area contributed by atoms with Gasteiger partial charge in [0, 0.05) is 37.4 Å². The Balaban J connectivity index is 1.54. The van der Waals surface area contributed by atoms with E-state index >= 15 is 0 Å². The van der Waals surface area contributed by atoms with Gasteiger partial charge in [-0.15, -0.1) is 0 Å². The van der Waals surface area contributed by atoms with Crippen LogP contribution >= 0.6 is 0 Å². The molecule has 3 aromatic rings. The summed E-state index contributed by atoms with van der Waals surface area (Å²) in [4.78, 5) is 17.7. The molecule has 1 saturated carbocycles. The summed E-state index contributed by atoms with van der Waals surface area (Å²) in [6.07, 6.45) is 11.2. The number of nitrogens with zero attached hydrogens (tertiary/aromatic N) is 5. The van der Waals surface area contributed by atoms with Crippen LogP contribution in [0.1, 0.15) is 25.7 Å². The van der Waals surface area contributed by atoms with E-state index in [9.17, 15) is 13.5 Å². The topological polar surface area (TPSA) is 134 Å². The Labute approximate surface area is 174 Å². The summed E-state index contributed by atoms with van der Waals surface area (Å²) in [5.41, 5.74) is 2.09. The fourth-order valence-electron chi connectivity index (χ4n) is 3.56. The van der Waals surface area contributed by atoms with Crippen molar-refractivity contribution >= 4 is 27.3 Å². The minimum Gasteiger partial charge on any atom is -0.393 e. The van der Waals surface area contributed by atoms with Crippen LogP contribution in [0, 0.1) is 0 Å². The molecule has 0 spiro atoms. The van der Waals surface area contributed by atoms with Crippen LogP contribution < -0.4 is 10.6 Å². The molecule has 1 aliphatic rings. The SMILES string of the molecule is CS(=O)(=O)CCNc1nccn2c(-c3ccnc(NC4CCC(O)CC4)n3)cnc12. The number of aliphatic hydroxyl groups excluding tert-OH is 1. The highest BCUT2D eigenvalue weighted by Crippen LogP contribution is 2.24. The van der Waals surface area contributed by atoms with Gasteiger partial charge in [0.05, 0.1) is 29.4 Å². The van der Waals surface area contributed by atoms with Gasteiger partial charge in [0.25, 0.3) is 0 Å². The van der Waals surface area contributed by atoms with Crippen molar-refractivity contribution < 1.29 is 13.5 Å². The fourth-order valence-corrected chi connectivity index (χ4v) is 4.03. The lowest BCUT2D eigenvalue weighted by Crippen LogP contribution is -2.28. The first-order valence-corrected chi connectivity index (χ1v) is 12.0. The first kappa shape index (κ1) is 20.5. The van der Waals surface area contributed by atoms with E-state index in [2.05, 4.69) is 30.6 Å². The average molecular weight is 432 g/mol. The highest BCUT2D eigenvalue weighted by Gasteiger charge is 2.20. The smallest absolute Gasteiger partial charge is 0.223 e. The second-order valence-corrected chi connectivity index (χ2v) is 9.84. The second kappa shape index (κ2) is 8.52. The van der Waals surface area contributed by atoms with Gasteiger partial charge < -0.3 is 15.7 Å². The number of sulfone groups is 1. The van der Waals surface area contributed by atoms with Crippen LogP contribution in [0.2, 0.25) is 0 Å². The second-order valence-electron chi connectivity index (χ2n) is 7.58. The molecule has 10 nitrogen and oxygen atoms in total. The normalized spacial score (nSPS) is 19.7. The Hall–Kier alpha value is -2.79. The summed E-state index contributed by atoms with van der Waals surface area (Å²) < 4.78 is 24.6. The Bertz CT molecular complexity index is 1120. The molecule has 3 heterocycles. The van der Waals surface area contributed by atoms with Crippen molar-refractivity contribution in [2.24, 2.45) is 0 Å². The van der Waals surface area contributed by atoms with E-state index in [1.807, 2.05) is 10.5 Å². The van der Waals surface area contributed by atoms with Crippen molar-refractivity contribution in [1.82, 2.24) is 24.3 Å². The van der Waals surface area contributed by atoms with Crippen LogP contribution in [-0.4, -0.2) is 68.6 Å². The molecule has 0 saturated heterocycles. The van der Waals surface area contributed by atoms with Crippen molar-refractivity contribution in [2.75, 3.05) is 29.2 Å². The predicted octanol–water partition coefficient (Wildman–Crippen LogP) is 1.36. The van der Waals surface area contributed by atoms with Gasteiger partial charge in [-0.1, -0.05) is 0 Å². The number of nitrogens with one attached hydrogen (secondary N) is 2. The van der Waals surface area contributed by atoms with Crippen LogP contribution in [0.25, 0.3) is 17.0 Å². The molecular weight excluding hydrogens is 406 g/mol. The molecular formula is C19H25N7O3S. The lowest BCUT2D eigenvalue weighted by Gasteiger charge is -2.26. The van der Waals surface area contributed by atoms with E-state index in [4.69, 9.17) is 0 Å².